The molecule has 0 spiro atoms. The second-order valence-corrected chi connectivity index (χ2v) is 6.37. The molecule has 2 aromatic carbocycles. The van der Waals surface area contributed by atoms with Crippen LogP contribution in [-0.4, -0.2) is 19.3 Å². The Bertz CT molecular complexity index is 852. The molecule has 0 aromatic heterocycles. The zero-order chi connectivity index (χ0) is 19.6. The highest BCUT2D eigenvalue weighted by molar-refractivity contribution is 5.83. The van der Waals surface area contributed by atoms with Crippen molar-refractivity contribution in [3.8, 4) is 17.2 Å². The first-order valence-corrected chi connectivity index (χ1v) is 9.20. The summed E-state index contributed by atoms with van der Waals surface area (Å²) in [5.74, 6) is -0.178. The first-order valence-electron chi connectivity index (χ1n) is 9.20. The van der Waals surface area contributed by atoms with E-state index in [0.29, 0.717) is 18.0 Å². The van der Waals surface area contributed by atoms with E-state index in [4.69, 9.17) is 11.0 Å². The number of aliphatic imine (C=N–C) groups is 1. The standard InChI is InChI=1S/C18H18N2.C4H8N2O/c1-20-18-7-3-5-14-8-9-16(11-17(14)18)15-6-2-4-13(10-15)12-19;1-2-4(7)6-3-5/h2,4,6,8-11,18,20H,3,5,7H2,1H3;3H,2H2,1H3,(H2,5,6,7). The van der Waals surface area contributed by atoms with Gasteiger partial charge in [-0.2, -0.15) is 5.26 Å². The van der Waals surface area contributed by atoms with Crippen LogP contribution < -0.4 is 11.1 Å². The molecule has 1 aliphatic rings. The molecular formula is C22H26N4O. The third kappa shape index (κ3) is 5.50. The Kier molecular flexibility index (Phi) is 7.72. The minimum atomic E-state index is -0.178. The summed E-state index contributed by atoms with van der Waals surface area (Å²) >= 11 is 0. The van der Waals surface area contributed by atoms with Gasteiger partial charge in [0.25, 0.3) is 0 Å². The number of hydrogen-bond acceptors (Lipinski definition) is 3. The van der Waals surface area contributed by atoms with Crippen LogP contribution in [0.5, 0.6) is 0 Å². The smallest absolute Gasteiger partial charge is 0.246 e. The number of fused-ring (bicyclic) bond motifs is 1. The summed E-state index contributed by atoms with van der Waals surface area (Å²) in [6, 6.07) is 17.2. The van der Waals surface area contributed by atoms with Crippen LogP contribution in [0.15, 0.2) is 47.5 Å². The molecule has 3 rings (SSSR count). The molecule has 2 aromatic rings. The molecule has 0 aliphatic heterocycles. The van der Waals surface area contributed by atoms with Crippen molar-refractivity contribution in [2.75, 3.05) is 7.05 Å². The van der Waals surface area contributed by atoms with Gasteiger partial charge in [0.15, 0.2) is 0 Å². The van der Waals surface area contributed by atoms with E-state index in [1.807, 2.05) is 25.2 Å². The van der Waals surface area contributed by atoms with Crippen LogP contribution in [0, 0.1) is 11.3 Å². The van der Waals surface area contributed by atoms with Crippen molar-refractivity contribution in [1.29, 1.82) is 5.26 Å². The average Bonchev–Trinajstić information content (AvgIpc) is 2.73. The number of nitrogens with one attached hydrogen (secondary N) is 1. The highest BCUT2D eigenvalue weighted by Crippen LogP contribution is 2.33. The zero-order valence-electron chi connectivity index (χ0n) is 15.9. The van der Waals surface area contributed by atoms with Gasteiger partial charge in [0.2, 0.25) is 5.91 Å². The first-order chi connectivity index (χ1) is 13.1. The molecule has 1 amide bonds. The van der Waals surface area contributed by atoms with Gasteiger partial charge in [0.05, 0.1) is 18.0 Å². The number of aryl methyl sites for hydroxylation is 1. The molecule has 27 heavy (non-hydrogen) atoms. The molecule has 0 saturated heterocycles. The maximum Gasteiger partial charge on any atom is 0.246 e. The summed E-state index contributed by atoms with van der Waals surface area (Å²) in [5.41, 5.74) is 10.7. The third-order valence-electron chi connectivity index (χ3n) is 4.65. The van der Waals surface area contributed by atoms with E-state index in [1.54, 1.807) is 6.92 Å². The summed E-state index contributed by atoms with van der Waals surface area (Å²) in [5, 5.41) is 12.4. The topological polar surface area (TPSA) is 91.3 Å². The predicted octanol–water partition coefficient (Wildman–Crippen LogP) is 3.73. The highest BCUT2D eigenvalue weighted by Gasteiger charge is 2.19. The fourth-order valence-electron chi connectivity index (χ4n) is 3.22. The number of nitrogens with zero attached hydrogens (tertiary/aromatic N) is 2. The largest absolute Gasteiger partial charge is 0.390 e. The molecule has 3 N–H and O–H groups in total. The normalized spacial score (nSPS) is 15.4. The van der Waals surface area contributed by atoms with Crippen LogP contribution in [0.25, 0.3) is 11.1 Å². The maximum atomic E-state index is 10.1. The van der Waals surface area contributed by atoms with Crippen LogP contribution >= 0.6 is 0 Å². The van der Waals surface area contributed by atoms with E-state index in [1.165, 1.54) is 36.0 Å². The second-order valence-electron chi connectivity index (χ2n) is 6.37. The average molecular weight is 362 g/mol. The molecule has 1 atom stereocenters. The molecule has 5 nitrogen and oxygen atoms in total. The number of nitriles is 1. The van der Waals surface area contributed by atoms with Crippen molar-refractivity contribution < 1.29 is 4.79 Å². The third-order valence-corrected chi connectivity index (χ3v) is 4.65. The van der Waals surface area contributed by atoms with Gasteiger partial charge in [-0.15, -0.1) is 0 Å². The Labute approximate surface area is 160 Å². The number of carbonyl (C=O) groups excluding carboxylic acids is 1. The molecule has 1 unspecified atom stereocenters. The van der Waals surface area contributed by atoms with Gasteiger partial charge >= 0.3 is 0 Å². The molecule has 0 fully saturated rings. The molecule has 0 bridgehead atoms. The lowest BCUT2D eigenvalue weighted by Crippen LogP contribution is -2.21. The molecule has 140 valence electrons. The summed E-state index contributed by atoms with van der Waals surface area (Å²) in [6.07, 6.45) is 5.05. The lowest BCUT2D eigenvalue weighted by Gasteiger charge is -2.25. The van der Waals surface area contributed by atoms with E-state index >= 15 is 0 Å². The van der Waals surface area contributed by atoms with Crippen LogP contribution in [0.2, 0.25) is 0 Å². The van der Waals surface area contributed by atoms with Crippen LogP contribution in [0.4, 0.5) is 0 Å². The zero-order valence-corrected chi connectivity index (χ0v) is 15.9. The molecule has 1 aliphatic carbocycles. The lowest BCUT2D eigenvalue weighted by molar-refractivity contribution is -0.117. The summed E-state index contributed by atoms with van der Waals surface area (Å²) in [4.78, 5) is 13.4. The highest BCUT2D eigenvalue weighted by atomic mass is 16.1. The monoisotopic (exact) mass is 362 g/mol. The Balaban J connectivity index is 0.000000321. The predicted molar refractivity (Wildman–Crippen MR) is 109 cm³/mol. The summed E-state index contributed by atoms with van der Waals surface area (Å²) in [6.45, 7) is 1.73. The van der Waals surface area contributed by atoms with E-state index in [0.717, 1.165) is 11.9 Å². The van der Waals surface area contributed by atoms with E-state index in [-0.39, 0.29) is 5.91 Å². The van der Waals surface area contributed by atoms with Gasteiger partial charge in [-0.05, 0) is 66.8 Å². The number of rotatable bonds is 3. The van der Waals surface area contributed by atoms with Crippen molar-refractivity contribution in [2.24, 2.45) is 10.7 Å². The number of hydrogen-bond donors (Lipinski definition) is 2. The SMILES string of the molecule is CCC(=O)N=CN.CNC1CCCc2ccc(-c3cccc(C#N)c3)cc21. The summed E-state index contributed by atoms with van der Waals surface area (Å²) < 4.78 is 0. The van der Waals surface area contributed by atoms with E-state index in [9.17, 15) is 4.79 Å². The number of nitrogens with two attached hydrogens (primary N) is 1. The van der Waals surface area contributed by atoms with Crippen molar-refractivity contribution in [3.05, 3.63) is 59.2 Å². The van der Waals surface area contributed by atoms with Crippen LogP contribution in [0.3, 0.4) is 0 Å². The van der Waals surface area contributed by atoms with Crippen molar-refractivity contribution >= 4 is 12.2 Å². The van der Waals surface area contributed by atoms with Crippen molar-refractivity contribution in [1.82, 2.24) is 5.32 Å². The Hall–Kier alpha value is -2.97. The van der Waals surface area contributed by atoms with Gasteiger partial charge in [-0.1, -0.05) is 31.2 Å². The fraction of sp³-hybridized carbons (Fsp3) is 0.318. The second kappa shape index (κ2) is 10.2. The minimum absolute atomic E-state index is 0.178. The summed E-state index contributed by atoms with van der Waals surface area (Å²) in [7, 11) is 2.03. The molecular weight excluding hydrogens is 336 g/mol. The molecule has 0 heterocycles. The molecule has 0 saturated carbocycles. The van der Waals surface area contributed by atoms with Gasteiger partial charge in [0.1, 0.15) is 0 Å². The number of amides is 1. The molecule has 5 heteroatoms. The van der Waals surface area contributed by atoms with Gasteiger partial charge in [-0.3, -0.25) is 4.79 Å². The van der Waals surface area contributed by atoms with Gasteiger partial charge < -0.3 is 11.1 Å². The molecule has 0 radical (unpaired) electrons. The van der Waals surface area contributed by atoms with Crippen LogP contribution in [-0.2, 0) is 11.2 Å². The Morgan fingerprint density at radius 3 is 2.74 bits per heavy atom. The quantitative estimate of drug-likeness (QED) is 0.643. The number of carbonyl (C=O) groups is 1. The Morgan fingerprint density at radius 1 is 1.33 bits per heavy atom. The van der Waals surface area contributed by atoms with Gasteiger partial charge in [-0.25, -0.2) is 4.99 Å². The number of benzene rings is 2. The van der Waals surface area contributed by atoms with Crippen LogP contribution in [0.1, 0.15) is 48.9 Å². The van der Waals surface area contributed by atoms with Gasteiger partial charge in [0, 0.05) is 12.5 Å². The fourth-order valence-corrected chi connectivity index (χ4v) is 3.22. The van der Waals surface area contributed by atoms with Crippen molar-refractivity contribution in [3.63, 3.8) is 0 Å². The maximum absolute atomic E-state index is 10.1. The minimum Gasteiger partial charge on any atom is -0.390 e. The van der Waals surface area contributed by atoms with E-state index in [2.05, 4.69) is 40.6 Å². The Morgan fingerprint density at radius 2 is 2.11 bits per heavy atom. The van der Waals surface area contributed by atoms with E-state index < -0.39 is 0 Å². The lowest BCUT2D eigenvalue weighted by atomic mass is 9.85. The first kappa shape index (κ1) is 20.3. The van der Waals surface area contributed by atoms with Crippen molar-refractivity contribution in [2.45, 2.75) is 38.6 Å².